The molecule has 0 aromatic carbocycles. The molecule has 92 valence electrons. The van der Waals surface area contributed by atoms with Crippen molar-refractivity contribution < 1.29 is 4.74 Å². The molecule has 1 rings (SSSR count). The molecule has 1 aromatic rings. The maximum absolute atomic E-state index is 4.99. The van der Waals surface area contributed by atoms with Gasteiger partial charge in [-0.05, 0) is 31.9 Å². The number of ether oxygens (including phenoxy) is 1. The predicted molar refractivity (Wildman–Crippen MR) is 65.6 cm³/mol. The Labute approximate surface area is 98.0 Å². The maximum atomic E-state index is 4.99. The van der Waals surface area contributed by atoms with E-state index in [0.29, 0.717) is 5.92 Å². The number of hydrogen-bond acceptors (Lipinski definition) is 3. The van der Waals surface area contributed by atoms with E-state index in [2.05, 4.69) is 23.4 Å². The Morgan fingerprint density at radius 3 is 2.88 bits per heavy atom. The van der Waals surface area contributed by atoms with Crippen molar-refractivity contribution >= 4 is 0 Å². The van der Waals surface area contributed by atoms with Crippen LogP contribution in [0.5, 0.6) is 0 Å². The van der Waals surface area contributed by atoms with Crippen molar-refractivity contribution in [2.24, 2.45) is 13.0 Å². The second-order valence-corrected chi connectivity index (χ2v) is 4.41. The van der Waals surface area contributed by atoms with Crippen LogP contribution in [-0.4, -0.2) is 36.6 Å². The molecule has 0 spiro atoms. The highest BCUT2D eigenvalue weighted by Crippen LogP contribution is 2.08. The Morgan fingerprint density at radius 2 is 2.31 bits per heavy atom. The molecule has 0 saturated carbocycles. The lowest BCUT2D eigenvalue weighted by Crippen LogP contribution is -2.26. The first-order valence-corrected chi connectivity index (χ1v) is 5.82. The summed E-state index contributed by atoms with van der Waals surface area (Å²) in [5.41, 5.74) is 2.40. The molecule has 0 fully saturated rings. The van der Waals surface area contributed by atoms with Crippen molar-refractivity contribution in [3.05, 3.63) is 17.5 Å². The Bertz CT molecular complexity index is 309. The van der Waals surface area contributed by atoms with Crippen molar-refractivity contribution in [2.75, 3.05) is 26.8 Å². The molecule has 1 atom stereocenters. The SMILES string of the molecule is COCCNCC(C)Cc1cc(C)nn1C. The first kappa shape index (κ1) is 13.2. The molecule has 0 amide bonds. The van der Waals surface area contributed by atoms with E-state index >= 15 is 0 Å². The molecule has 0 aliphatic heterocycles. The fraction of sp³-hybridized carbons (Fsp3) is 0.750. The fourth-order valence-electron chi connectivity index (χ4n) is 1.81. The lowest BCUT2D eigenvalue weighted by atomic mass is 10.1. The average molecular weight is 225 g/mol. The molecule has 4 nitrogen and oxygen atoms in total. The van der Waals surface area contributed by atoms with Crippen molar-refractivity contribution in [1.29, 1.82) is 0 Å². The molecule has 1 N–H and O–H groups in total. The molecule has 1 unspecified atom stereocenters. The zero-order valence-corrected chi connectivity index (χ0v) is 10.8. The molecular weight excluding hydrogens is 202 g/mol. The predicted octanol–water partition coefficient (Wildman–Crippen LogP) is 1.14. The molecule has 0 saturated heterocycles. The van der Waals surface area contributed by atoms with E-state index in [0.717, 1.165) is 31.8 Å². The van der Waals surface area contributed by atoms with Crippen LogP contribution >= 0.6 is 0 Å². The van der Waals surface area contributed by atoms with Gasteiger partial charge in [0, 0.05) is 26.4 Å². The van der Waals surface area contributed by atoms with Gasteiger partial charge in [0.15, 0.2) is 0 Å². The van der Waals surface area contributed by atoms with Gasteiger partial charge in [-0.25, -0.2) is 0 Å². The van der Waals surface area contributed by atoms with Crippen molar-refractivity contribution in [3.63, 3.8) is 0 Å². The normalized spacial score (nSPS) is 13.0. The zero-order valence-electron chi connectivity index (χ0n) is 10.8. The van der Waals surface area contributed by atoms with Gasteiger partial charge >= 0.3 is 0 Å². The van der Waals surface area contributed by atoms with Gasteiger partial charge in [-0.2, -0.15) is 5.10 Å². The average Bonchev–Trinajstić information content (AvgIpc) is 2.52. The Hall–Kier alpha value is -0.870. The molecule has 4 heteroatoms. The number of nitrogens with zero attached hydrogens (tertiary/aromatic N) is 2. The third-order valence-electron chi connectivity index (χ3n) is 2.63. The highest BCUT2D eigenvalue weighted by molar-refractivity contribution is 5.09. The van der Waals surface area contributed by atoms with Crippen LogP contribution < -0.4 is 5.32 Å². The van der Waals surface area contributed by atoms with Crippen LogP contribution in [0.3, 0.4) is 0 Å². The van der Waals surface area contributed by atoms with E-state index < -0.39 is 0 Å². The van der Waals surface area contributed by atoms with E-state index in [4.69, 9.17) is 4.74 Å². The van der Waals surface area contributed by atoms with Gasteiger partial charge in [-0.1, -0.05) is 6.92 Å². The Kier molecular flexibility index (Phi) is 5.49. The van der Waals surface area contributed by atoms with Crippen molar-refractivity contribution in [3.8, 4) is 0 Å². The maximum Gasteiger partial charge on any atom is 0.0596 e. The largest absolute Gasteiger partial charge is 0.383 e. The van der Waals surface area contributed by atoms with Gasteiger partial charge in [-0.3, -0.25) is 4.68 Å². The number of rotatable bonds is 7. The summed E-state index contributed by atoms with van der Waals surface area (Å²) in [6, 6.07) is 2.16. The highest BCUT2D eigenvalue weighted by atomic mass is 16.5. The third kappa shape index (κ3) is 4.33. The van der Waals surface area contributed by atoms with Gasteiger partial charge in [0.1, 0.15) is 0 Å². The molecule has 1 heterocycles. The summed E-state index contributed by atoms with van der Waals surface area (Å²) < 4.78 is 6.96. The summed E-state index contributed by atoms with van der Waals surface area (Å²) in [5, 5.41) is 7.73. The minimum Gasteiger partial charge on any atom is -0.383 e. The summed E-state index contributed by atoms with van der Waals surface area (Å²) in [6.07, 6.45) is 1.07. The van der Waals surface area contributed by atoms with Crippen LogP contribution in [0, 0.1) is 12.8 Å². The van der Waals surface area contributed by atoms with E-state index in [1.54, 1.807) is 7.11 Å². The summed E-state index contributed by atoms with van der Waals surface area (Å²) in [7, 11) is 3.73. The first-order valence-electron chi connectivity index (χ1n) is 5.82. The summed E-state index contributed by atoms with van der Waals surface area (Å²) in [6.45, 7) is 7.00. The van der Waals surface area contributed by atoms with Gasteiger partial charge in [-0.15, -0.1) is 0 Å². The minimum atomic E-state index is 0.617. The van der Waals surface area contributed by atoms with Gasteiger partial charge < -0.3 is 10.1 Å². The van der Waals surface area contributed by atoms with Gasteiger partial charge in [0.2, 0.25) is 0 Å². The quantitative estimate of drug-likeness (QED) is 0.707. The third-order valence-corrected chi connectivity index (χ3v) is 2.63. The number of methoxy groups -OCH3 is 1. The summed E-state index contributed by atoms with van der Waals surface area (Å²) in [4.78, 5) is 0. The number of nitrogens with one attached hydrogen (secondary N) is 1. The lowest BCUT2D eigenvalue weighted by molar-refractivity contribution is 0.198. The smallest absolute Gasteiger partial charge is 0.0596 e. The molecule has 0 radical (unpaired) electrons. The molecule has 16 heavy (non-hydrogen) atoms. The summed E-state index contributed by atoms with van der Waals surface area (Å²) >= 11 is 0. The van der Waals surface area contributed by atoms with Gasteiger partial charge in [0.25, 0.3) is 0 Å². The van der Waals surface area contributed by atoms with Crippen molar-refractivity contribution in [2.45, 2.75) is 20.3 Å². The van der Waals surface area contributed by atoms with Crippen molar-refractivity contribution in [1.82, 2.24) is 15.1 Å². The van der Waals surface area contributed by atoms with Crippen LogP contribution in [-0.2, 0) is 18.2 Å². The van der Waals surface area contributed by atoms with Crippen LogP contribution in [0.1, 0.15) is 18.3 Å². The minimum absolute atomic E-state index is 0.617. The van der Waals surface area contributed by atoms with E-state index in [1.165, 1.54) is 5.69 Å². The zero-order chi connectivity index (χ0) is 12.0. The van der Waals surface area contributed by atoms with Crippen LogP contribution in [0.2, 0.25) is 0 Å². The second kappa shape index (κ2) is 6.66. The fourth-order valence-corrected chi connectivity index (χ4v) is 1.81. The lowest BCUT2D eigenvalue weighted by Gasteiger charge is -2.12. The number of aryl methyl sites for hydroxylation is 2. The molecule has 0 bridgehead atoms. The van der Waals surface area contributed by atoms with Crippen LogP contribution in [0.15, 0.2) is 6.07 Å². The van der Waals surface area contributed by atoms with Crippen LogP contribution in [0.4, 0.5) is 0 Å². The number of hydrogen-bond donors (Lipinski definition) is 1. The highest BCUT2D eigenvalue weighted by Gasteiger charge is 2.07. The second-order valence-electron chi connectivity index (χ2n) is 4.41. The standard InChI is InChI=1S/C12H23N3O/c1-10(9-13-5-6-16-4)7-12-8-11(2)14-15(12)3/h8,10,13H,5-7,9H2,1-4H3. The van der Waals surface area contributed by atoms with Gasteiger partial charge in [0.05, 0.1) is 12.3 Å². The van der Waals surface area contributed by atoms with E-state index in [-0.39, 0.29) is 0 Å². The van der Waals surface area contributed by atoms with Crippen LogP contribution in [0.25, 0.3) is 0 Å². The monoisotopic (exact) mass is 225 g/mol. The molecular formula is C12H23N3O. The Balaban J connectivity index is 2.28. The molecule has 1 aromatic heterocycles. The Morgan fingerprint density at radius 1 is 1.56 bits per heavy atom. The van der Waals surface area contributed by atoms with E-state index in [9.17, 15) is 0 Å². The topological polar surface area (TPSA) is 39.1 Å². The first-order chi connectivity index (χ1) is 7.63. The molecule has 0 aliphatic carbocycles. The van der Waals surface area contributed by atoms with E-state index in [1.807, 2.05) is 18.7 Å². The molecule has 0 aliphatic rings. The summed E-state index contributed by atoms with van der Waals surface area (Å²) in [5.74, 6) is 0.617. The number of aromatic nitrogens is 2.